The fourth-order valence-corrected chi connectivity index (χ4v) is 2.40. The van der Waals surface area contributed by atoms with Crippen LogP contribution in [0.15, 0.2) is 18.5 Å². The van der Waals surface area contributed by atoms with E-state index in [2.05, 4.69) is 4.98 Å². The van der Waals surface area contributed by atoms with Crippen LogP contribution in [0.1, 0.15) is 33.6 Å². The van der Waals surface area contributed by atoms with Gasteiger partial charge in [-0.15, -0.1) is 0 Å². The SMILES string of the molecule is CC(C)(C)OC(=O)N1CCCC1COc1cncc(Cl)c1. The molecule has 2 rings (SSSR count). The fraction of sp³-hybridized carbons (Fsp3) is 0.600. The lowest BCUT2D eigenvalue weighted by Crippen LogP contribution is -2.42. The molecular formula is C15H21ClN2O3. The van der Waals surface area contributed by atoms with Gasteiger partial charge in [0.05, 0.1) is 17.3 Å². The van der Waals surface area contributed by atoms with E-state index in [-0.39, 0.29) is 12.1 Å². The first-order chi connectivity index (χ1) is 9.85. The Bertz CT molecular complexity index is 502. The van der Waals surface area contributed by atoms with Crippen molar-refractivity contribution in [2.24, 2.45) is 0 Å². The molecule has 0 spiro atoms. The molecule has 6 heteroatoms. The van der Waals surface area contributed by atoms with Crippen LogP contribution in [-0.2, 0) is 4.74 Å². The van der Waals surface area contributed by atoms with Gasteiger partial charge >= 0.3 is 6.09 Å². The van der Waals surface area contributed by atoms with Gasteiger partial charge in [0.15, 0.2) is 0 Å². The molecule has 0 saturated carbocycles. The van der Waals surface area contributed by atoms with Gasteiger partial charge in [-0.25, -0.2) is 4.79 Å². The lowest BCUT2D eigenvalue weighted by molar-refractivity contribution is 0.0187. The van der Waals surface area contributed by atoms with E-state index in [1.54, 1.807) is 23.4 Å². The summed E-state index contributed by atoms with van der Waals surface area (Å²) in [6, 6.07) is 1.74. The minimum absolute atomic E-state index is 0.0267. The lowest BCUT2D eigenvalue weighted by Gasteiger charge is -2.28. The Labute approximate surface area is 130 Å². The van der Waals surface area contributed by atoms with Crippen molar-refractivity contribution >= 4 is 17.7 Å². The molecule has 1 atom stereocenters. The predicted octanol–water partition coefficient (Wildman–Crippen LogP) is 3.51. The van der Waals surface area contributed by atoms with Crippen molar-refractivity contribution in [1.29, 1.82) is 0 Å². The number of nitrogens with zero attached hydrogens (tertiary/aromatic N) is 2. The molecule has 1 saturated heterocycles. The van der Waals surface area contributed by atoms with E-state index in [0.29, 0.717) is 23.9 Å². The second-order valence-electron chi connectivity index (χ2n) is 6.12. The Kier molecular flexibility index (Phi) is 4.93. The van der Waals surface area contributed by atoms with Gasteiger partial charge in [0.2, 0.25) is 0 Å². The van der Waals surface area contributed by atoms with Gasteiger partial charge in [0.25, 0.3) is 0 Å². The predicted molar refractivity (Wildman–Crippen MR) is 80.7 cm³/mol. The zero-order valence-corrected chi connectivity index (χ0v) is 13.4. The molecular weight excluding hydrogens is 292 g/mol. The van der Waals surface area contributed by atoms with Crippen LogP contribution in [0.4, 0.5) is 4.79 Å². The van der Waals surface area contributed by atoms with E-state index >= 15 is 0 Å². The van der Waals surface area contributed by atoms with Crippen molar-refractivity contribution in [3.05, 3.63) is 23.5 Å². The normalized spacial score (nSPS) is 18.7. The largest absolute Gasteiger partial charge is 0.490 e. The monoisotopic (exact) mass is 312 g/mol. The third kappa shape index (κ3) is 4.77. The van der Waals surface area contributed by atoms with Gasteiger partial charge in [-0.3, -0.25) is 4.98 Å². The molecule has 116 valence electrons. The summed E-state index contributed by atoms with van der Waals surface area (Å²) in [5.41, 5.74) is -0.484. The van der Waals surface area contributed by atoms with E-state index in [9.17, 15) is 4.79 Å². The van der Waals surface area contributed by atoms with E-state index in [1.807, 2.05) is 20.8 Å². The molecule has 0 bridgehead atoms. The van der Waals surface area contributed by atoms with Gasteiger partial charge in [0, 0.05) is 18.8 Å². The maximum atomic E-state index is 12.2. The molecule has 1 unspecified atom stereocenters. The van der Waals surface area contributed by atoms with Crippen molar-refractivity contribution < 1.29 is 14.3 Å². The lowest BCUT2D eigenvalue weighted by atomic mass is 10.2. The molecule has 2 heterocycles. The minimum atomic E-state index is -0.484. The van der Waals surface area contributed by atoms with E-state index < -0.39 is 5.60 Å². The summed E-state index contributed by atoms with van der Waals surface area (Å²) < 4.78 is 11.1. The highest BCUT2D eigenvalue weighted by molar-refractivity contribution is 6.30. The Morgan fingerprint density at radius 2 is 2.24 bits per heavy atom. The number of pyridine rings is 1. The highest BCUT2D eigenvalue weighted by atomic mass is 35.5. The summed E-state index contributed by atoms with van der Waals surface area (Å²) in [5, 5.41) is 0.530. The molecule has 5 nitrogen and oxygen atoms in total. The zero-order valence-electron chi connectivity index (χ0n) is 12.6. The maximum absolute atomic E-state index is 12.2. The molecule has 1 aliphatic heterocycles. The van der Waals surface area contributed by atoms with Crippen molar-refractivity contribution in [3.63, 3.8) is 0 Å². The Hall–Kier alpha value is -1.49. The van der Waals surface area contributed by atoms with E-state index in [1.165, 1.54) is 0 Å². The summed E-state index contributed by atoms with van der Waals surface area (Å²) >= 11 is 5.86. The van der Waals surface area contributed by atoms with Crippen molar-refractivity contribution in [3.8, 4) is 5.75 Å². The number of aromatic nitrogens is 1. The molecule has 0 aliphatic carbocycles. The number of likely N-dealkylation sites (tertiary alicyclic amines) is 1. The number of ether oxygens (including phenoxy) is 2. The standard InChI is InChI=1S/C15H21ClN2O3/c1-15(2,3)21-14(19)18-6-4-5-12(18)10-20-13-7-11(16)8-17-9-13/h7-9,12H,4-6,10H2,1-3H3. The topological polar surface area (TPSA) is 51.7 Å². The van der Waals surface area contributed by atoms with Crippen LogP contribution in [0, 0.1) is 0 Å². The highest BCUT2D eigenvalue weighted by Gasteiger charge is 2.32. The smallest absolute Gasteiger partial charge is 0.410 e. The summed E-state index contributed by atoms with van der Waals surface area (Å²) in [6.07, 6.45) is 4.75. The molecule has 1 aliphatic rings. The first-order valence-electron chi connectivity index (χ1n) is 7.08. The van der Waals surface area contributed by atoms with Gasteiger partial charge in [-0.2, -0.15) is 0 Å². The Balaban J connectivity index is 1.91. The summed E-state index contributed by atoms with van der Waals surface area (Å²) in [7, 11) is 0. The van der Waals surface area contributed by atoms with Crippen molar-refractivity contribution in [2.45, 2.75) is 45.3 Å². The van der Waals surface area contributed by atoms with Gasteiger partial charge in [0.1, 0.15) is 18.0 Å². The summed E-state index contributed by atoms with van der Waals surface area (Å²) in [6.45, 7) is 6.72. The third-order valence-corrected chi connectivity index (χ3v) is 3.33. The van der Waals surface area contributed by atoms with Crippen LogP contribution in [0.25, 0.3) is 0 Å². The summed E-state index contributed by atoms with van der Waals surface area (Å²) in [4.78, 5) is 17.9. The fourth-order valence-electron chi connectivity index (χ4n) is 2.23. The number of carbonyl (C=O) groups is 1. The van der Waals surface area contributed by atoms with Crippen molar-refractivity contribution in [2.75, 3.05) is 13.2 Å². The molecule has 1 fully saturated rings. The molecule has 0 N–H and O–H groups in total. The van der Waals surface area contributed by atoms with Gasteiger partial charge < -0.3 is 14.4 Å². The number of hydrogen-bond donors (Lipinski definition) is 0. The van der Waals surface area contributed by atoms with Crippen LogP contribution in [0.2, 0.25) is 5.02 Å². The van der Waals surface area contributed by atoms with Crippen LogP contribution in [0.5, 0.6) is 5.75 Å². The molecule has 0 aromatic carbocycles. The van der Waals surface area contributed by atoms with Crippen LogP contribution >= 0.6 is 11.6 Å². The van der Waals surface area contributed by atoms with Crippen LogP contribution in [-0.4, -0.2) is 40.8 Å². The quantitative estimate of drug-likeness (QED) is 0.857. The second kappa shape index (κ2) is 6.52. The summed E-state index contributed by atoms with van der Waals surface area (Å²) in [5.74, 6) is 0.610. The first kappa shape index (κ1) is 15.9. The average molecular weight is 313 g/mol. The maximum Gasteiger partial charge on any atom is 0.410 e. The third-order valence-electron chi connectivity index (χ3n) is 3.13. The zero-order chi connectivity index (χ0) is 15.5. The number of halogens is 1. The molecule has 21 heavy (non-hydrogen) atoms. The minimum Gasteiger partial charge on any atom is -0.490 e. The number of hydrogen-bond acceptors (Lipinski definition) is 4. The number of carbonyl (C=O) groups excluding carboxylic acids is 1. The Morgan fingerprint density at radius 3 is 2.90 bits per heavy atom. The van der Waals surface area contributed by atoms with Gasteiger partial charge in [-0.05, 0) is 33.6 Å². The molecule has 0 radical (unpaired) electrons. The van der Waals surface area contributed by atoms with Gasteiger partial charge in [-0.1, -0.05) is 11.6 Å². The number of amides is 1. The second-order valence-corrected chi connectivity index (χ2v) is 6.56. The molecule has 1 aromatic heterocycles. The highest BCUT2D eigenvalue weighted by Crippen LogP contribution is 2.22. The van der Waals surface area contributed by atoms with Crippen LogP contribution in [0.3, 0.4) is 0 Å². The van der Waals surface area contributed by atoms with E-state index in [4.69, 9.17) is 21.1 Å². The number of rotatable bonds is 3. The Morgan fingerprint density at radius 1 is 1.48 bits per heavy atom. The first-order valence-corrected chi connectivity index (χ1v) is 7.46. The van der Waals surface area contributed by atoms with Crippen LogP contribution < -0.4 is 4.74 Å². The molecule has 1 amide bonds. The average Bonchev–Trinajstić information content (AvgIpc) is 2.83. The van der Waals surface area contributed by atoms with Crippen molar-refractivity contribution in [1.82, 2.24) is 9.88 Å². The van der Waals surface area contributed by atoms with E-state index in [0.717, 1.165) is 12.8 Å². The molecule has 1 aromatic rings.